The van der Waals surface area contributed by atoms with Gasteiger partial charge in [0.2, 0.25) is 5.91 Å². The Morgan fingerprint density at radius 2 is 2.03 bits per heavy atom. The summed E-state index contributed by atoms with van der Waals surface area (Å²) in [6.07, 6.45) is -3.25. The van der Waals surface area contributed by atoms with Crippen molar-refractivity contribution in [3.8, 4) is 6.07 Å². The summed E-state index contributed by atoms with van der Waals surface area (Å²) in [4.78, 5) is 37.5. The van der Waals surface area contributed by atoms with Gasteiger partial charge in [-0.25, -0.2) is 0 Å². The molecule has 1 heterocycles. The molecule has 0 aliphatic rings. The molecule has 178 valence electrons. The van der Waals surface area contributed by atoms with E-state index in [0.717, 1.165) is 11.3 Å². The monoisotopic (exact) mass is 491 g/mol. The molecule has 0 saturated heterocycles. The number of halogens is 3. The SMILES string of the molecule is CCn1c(=C=C(C#N)C(=O)NCC(F)(F)F)sc(=C=CNc2cccc(N(C)C(C)=O)c2)c1=O. The number of nitrogens with one attached hydrogen (secondary N) is 2. The average Bonchev–Trinajstić information content (AvgIpc) is 3.08. The maximum absolute atomic E-state index is 12.6. The van der Waals surface area contributed by atoms with Gasteiger partial charge in [0.05, 0.1) is 0 Å². The predicted octanol–water partition coefficient (Wildman–Crippen LogP) is 1.43. The molecule has 0 radical (unpaired) electrons. The van der Waals surface area contributed by atoms with Crippen molar-refractivity contribution in [2.45, 2.75) is 26.6 Å². The predicted molar refractivity (Wildman–Crippen MR) is 122 cm³/mol. The molecule has 0 unspecified atom stereocenters. The summed E-state index contributed by atoms with van der Waals surface area (Å²) in [5.74, 6) is -1.39. The van der Waals surface area contributed by atoms with E-state index in [2.05, 4.69) is 16.8 Å². The number of aromatic nitrogens is 1. The third-order valence-corrected chi connectivity index (χ3v) is 5.38. The number of rotatable bonds is 6. The highest BCUT2D eigenvalue weighted by molar-refractivity contribution is 7.07. The third-order valence-electron chi connectivity index (χ3n) is 4.37. The maximum atomic E-state index is 12.6. The molecule has 0 aliphatic heterocycles. The van der Waals surface area contributed by atoms with Gasteiger partial charge >= 0.3 is 6.18 Å². The zero-order valence-corrected chi connectivity index (χ0v) is 19.2. The van der Waals surface area contributed by atoms with E-state index < -0.39 is 29.8 Å². The molecule has 1 aromatic carbocycles. The van der Waals surface area contributed by atoms with Crippen molar-refractivity contribution < 1.29 is 22.8 Å². The fourth-order valence-corrected chi connectivity index (χ4v) is 3.55. The van der Waals surface area contributed by atoms with Gasteiger partial charge in [0.1, 0.15) is 21.8 Å². The van der Waals surface area contributed by atoms with Crippen molar-refractivity contribution in [3.05, 3.63) is 55.6 Å². The third kappa shape index (κ3) is 6.98. The molecule has 1 aromatic heterocycles. The number of carbonyl (C=O) groups is 2. The molecule has 12 heteroatoms. The van der Waals surface area contributed by atoms with Crippen LogP contribution in [0.3, 0.4) is 0 Å². The Hall–Kier alpha value is -4.03. The first-order valence-corrected chi connectivity index (χ1v) is 10.6. The second-order valence-corrected chi connectivity index (χ2v) is 7.76. The number of hydrogen-bond donors (Lipinski definition) is 2. The number of hydrogen-bond acceptors (Lipinski definition) is 6. The largest absolute Gasteiger partial charge is 0.405 e. The minimum Gasteiger partial charge on any atom is -0.355 e. The van der Waals surface area contributed by atoms with E-state index in [-0.39, 0.29) is 21.6 Å². The zero-order valence-electron chi connectivity index (χ0n) is 18.4. The Morgan fingerprint density at radius 3 is 2.62 bits per heavy atom. The number of carbonyl (C=O) groups excluding carboxylic acids is 2. The smallest absolute Gasteiger partial charge is 0.355 e. The second-order valence-electron chi connectivity index (χ2n) is 6.76. The molecule has 2 N–H and O–H groups in total. The summed E-state index contributed by atoms with van der Waals surface area (Å²) in [5, 5.41) is 13.7. The molecular formula is C22H20F3N5O3S. The second kappa shape index (κ2) is 11.2. The maximum Gasteiger partial charge on any atom is 0.405 e. The van der Waals surface area contributed by atoms with Crippen LogP contribution in [0.4, 0.5) is 24.5 Å². The molecule has 34 heavy (non-hydrogen) atoms. The van der Waals surface area contributed by atoms with Gasteiger partial charge < -0.3 is 15.5 Å². The Balaban J connectivity index is 2.47. The lowest BCUT2D eigenvalue weighted by Crippen LogP contribution is -2.34. The van der Waals surface area contributed by atoms with Crippen LogP contribution in [0.5, 0.6) is 0 Å². The van der Waals surface area contributed by atoms with Crippen molar-refractivity contribution in [1.82, 2.24) is 9.88 Å². The van der Waals surface area contributed by atoms with Gasteiger partial charge in [-0.05, 0) is 25.1 Å². The van der Waals surface area contributed by atoms with Crippen LogP contribution in [-0.2, 0) is 16.1 Å². The molecule has 0 bridgehead atoms. The molecule has 0 fully saturated rings. The highest BCUT2D eigenvalue weighted by Gasteiger charge is 2.28. The molecule has 8 nitrogen and oxygen atoms in total. The minimum absolute atomic E-state index is 0.0900. The number of benzene rings is 1. The summed E-state index contributed by atoms with van der Waals surface area (Å²) in [5.41, 5.74) is 5.34. The van der Waals surface area contributed by atoms with E-state index in [4.69, 9.17) is 5.26 Å². The normalized spacial score (nSPS) is 10.4. The van der Waals surface area contributed by atoms with Crippen molar-refractivity contribution in [3.63, 3.8) is 0 Å². The Bertz CT molecular complexity index is 1390. The van der Waals surface area contributed by atoms with E-state index in [1.165, 1.54) is 28.7 Å². The van der Waals surface area contributed by atoms with Crippen molar-refractivity contribution in [2.75, 3.05) is 23.8 Å². The summed E-state index contributed by atoms with van der Waals surface area (Å²) in [6, 6.07) is 8.47. The van der Waals surface area contributed by atoms with Gasteiger partial charge in [-0.15, -0.1) is 0 Å². The van der Waals surface area contributed by atoms with E-state index in [1.807, 2.05) is 0 Å². The Kier molecular flexibility index (Phi) is 8.64. The van der Waals surface area contributed by atoms with Crippen LogP contribution < -0.4 is 30.3 Å². The van der Waals surface area contributed by atoms with Crippen LogP contribution in [-0.4, -0.2) is 36.2 Å². The molecule has 0 aliphatic carbocycles. The van der Waals surface area contributed by atoms with Crippen molar-refractivity contribution in [1.29, 1.82) is 5.26 Å². The summed E-state index contributed by atoms with van der Waals surface area (Å²) in [7, 11) is 1.63. The number of nitriles is 1. The lowest BCUT2D eigenvalue weighted by molar-refractivity contribution is -0.136. The standard InChI is InChI=1S/C22H20F3N5O3S/c1-4-30-19(10-15(12-26)20(32)28-13-22(23,24)25)34-18(21(30)33)8-9-27-16-6-5-7-17(11-16)29(3)14(2)31/h5-7,9,11,27H,4,13H2,1-3H3,(H,28,32). The van der Waals surface area contributed by atoms with Gasteiger partial charge in [-0.2, -0.15) is 18.4 Å². The summed E-state index contributed by atoms with van der Waals surface area (Å²) >= 11 is 0.872. The van der Waals surface area contributed by atoms with E-state index >= 15 is 0 Å². The van der Waals surface area contributed by atoms with Gasteiger partial charge in [-0.1, -0.05) is 28.9 Å². The fourth-order valence-electron chi connectivity index (χ4n) is 2.56. The zero-order chi connectivity index (χ0) is 25.5. The molecule has 0 atom stereocenters. The van der Waals surface area contributed by atoms with Gasteiger partial charge in [-0.3, -0.25) is 19.0 Å². The van der Waals surface area contributed by atoms with E-state index in [9.17, 15) is 27.6 Å². The molecule has 2 aromatic rings. The van der Waals surface area contributed by atoms with Crippen LogP contribution in [0.15, 0.2) is 40.8 Å². The number of amides is 2. The molecular weight excluding hydrogens is 471 g/mol. The van der Waals surface area contributed by atoms with Crippen LogP contribution in [0, 0.1) is 11.3 Å². The van der Waals surface area contributed by atoms with Crippen LogP contribution >= 0.6 is 11.3 Å². The Morgan fingerprint density at radius 1 is 1.32 bits per heavy atom. The van der Waals surface area contributed by atoms with E-state index in [0.29, 0.717) is 11.4 Å². The van der Waals surface area contributed by atoms with Gasteiger partial charge in [0.25, 0.3) is 11.5 Å². The molecule has 0 spiro atoms. The first-order chi connectivity index (χ1) is 16.0. The highest BCUT2D eigenvalue weighted by atomic mass is 32.1. The number of thiazole rings is 1. The van der Waals surface area contributed by atoms with Gasteiger partial charge in [0, 0.05) is 38.1 Å². The highest BCUT2D eigenvalue weighted by Crippen LogP contribution is 2.18. The first kappa shape index (κ1) is 26.2. The average molecular weight is 491 g/mol. The topological polar surface area (TPSA) is 107 Å². The number of alkyl halides is 3. The van der Waals surface area contributed by atoms with Crippen LogP contribution in [0.1, 0.15) is 13.8 Å². The van der Waals surface area contributed by atoms with Crippen molar-refractivity contribution in [2.24, 2.45) is 0 Å². The number of nitrogens with zero attached hydrogens (tertiary/aromatic N) is 3. The lowest BCUT2D eigenvalue weighted by Gasteiger charge is -2.15. The van der Waals surface area contributed by atoms with Crippen LogP contribution in [0.2, 0.25) is 0 Å². The van der Waals surface area contributed by atoms with E-state index in [1.54, 1.807) is 43.6 Å². The van der Waals surface area contributed by atoms with Crippen molar-refractivity contribution >= 4 is 46.0 Å². The minimum atomic E-state index is -4.63. The first-order valence-electron chi connectivity index (χ1n) is 9.78. The quantitative estimate of drug-likeness (QED) is 0.470. The fraction of sp³-hybridized carbons (Fsp3) is 0.273. The molecule has 2 amide bonds. The molecule has 2 rings (SSSR count). The lowest BCUT2D eigenvalue weighted by atomic mass is 10.2. The van der Waals surface area contributed by atoms with Gasteiger partial charge in [0.15, 0.2) is 5.57 Å². The molecule has 0 saturated carbocycles. The Labute approximate surface area is 196 Å². The summed E-state index contributed by atoms with van der Waals surface area (Å²) in [6.45, 7) is 1.66. The summed E-state index contributed by atoms with van der Waals surface area (Å²) < 4.78 is 38.4. The van der Waals surface area contributed by atoms with Crippen LogP contribution in [0.25, 0.3) is 11.5 Å². The number of anilines is 2.